The molecule has 146 valence electrons. The second kappa shape index (κ2) is 11.8. The van der Waals surface area contributed by atoms with Crippen LogP contribution in [-0.4, -0.2) is 53.5 Å². The van der Waals surface area contributed by atoms with Crippen molar-refractivity contribution in [3.05, 3.63) is 0 Å². The van der Waals surface area contributed by atoms with E-state index in [9.17, 15) is 19.5 Å². The zero-order valence-corrected chi connectivity index (χ0v) is 16.2. The van der Waals surface area contributed by atoms with Gasteiger partial charge in [-0.3, -0.25) is 19.3 Å². The van der Waals surface area contributed by atoms with E-state index in [1.54, 1.807) is 0 Å². The van der Waals surface area contributed by atoms with Gasteiger partial charge in [-0.05, 0) is 52.5 Å². The molecule has 25 heavy (non-hydrogen) atoms. The Morgan fingerprint density at radius 3 is 2.12 bits per heavy atom. The monoisotopic (exact) mass is 357 g/mol. The molecule has 0 spiro atoms. The van der Waals surface area contributed by atoms with Gasteiger partial charge < -0.3 is 16.2 Å². The number of aliphatic carboxylic acids is 1. The van der Waals surface area contributed by atoms with Gasteiger partial charge in [0.05, 0.1) is 0 Å². The van der Waals surface area contributed by atoms with Crippen LogP contribution in [0, 0.1) is 11.8 Å². The number of amides is 2. The number of hydrogen-bond donors (Lipinski definition) is 3. The molecule has 0 bridgehead atoms. The largest absolute Gasteiger partial charge is 0.480 e. The number of carboxylic acid groups (broad SMARTS) is 1. The summed E-state index contributed by atoms with van der Waals surface area (Å²) in [5.74, 6) is -1.37. The van der Waals surface area contributed by atoms with Crippen LogP contribution in [0.3, 0.4) is 0 Å². The van der Waals surface area contributed by atoms with Gasteiger partial charge in [-0.1, -0.05) is 13.8 Å². The predicted octanol–water partition coefficient (Wildman–Crippen LogP) is 1.60. The maximum atomic E-state index is 12.2. The van der Waals surface area contributed by atoms with Gasteiger partial charge in [0.15, 0.2) is 0 Å². The molecular weight excluding hydrogens is 322 g/mol. The topological polar surface area (TPSA) is 113 Å². The van der Waals surface area contributed by atoms with Gasteiger partial charge in [0.2, 0.25) is 11.8 Å². The van der Waals surface area contributed by atoms with Crippen molar-refractivity contribution in [2.24, 2.45) is 17.6 Å². The number of rotatable bonds is 13. The molecule has 0 unspecified atom stereocenters. The zero-order chi connectivity index (χ0) is 19.6. The van der Waals surface area contributed by atoms with E-state index < -0.39 is 17.9 Å². The van der Waals surface area contributed by atoms with Crippen LogP contribution in [0.25, 0.3) is 0 Å². The third-order valence-electron chi connectivity index (χ3n) is 4.64. The van der Waals surface area contributed by atoms with Crippen molar-refractivity contribution in [2.75, 3.05) is 13.6 Å². The minimum atomic E-state index is -0.813. The van der Waals surface area contributed by atoms with E-state index in [2.05, 4.69) is 5.32 Å². The molecule has 0 saturated heterocycles. The first-order valence-corrected chi connectivity index (χ1v) is 9.08. The summed E-state index contributed by atoms with van der Waals surface area (Å²) in [7, 11) is 1.82. The summed E-state index contributed by atoms with van der Waals surface area (Å²) in [5, 5.41) is 12.2. The lowest BCUT2D eigenvalue weighted by molar-refractivity contribution is -0.143. The summed E-state index contributed by atoms with van der Waals surface area (Å²) in [5.41, 5.74) is 5.16. The van der Waals surface area contributed by atoms with Gasteiger partial charge in [0.1, 0.15) is 6.04 Å². The third kappa shape index (κ3) is 9.43. The second-order valence-electron chi connectivity index (χ2n) is 7.26. The van der Waals surface area contributed by atoms with Crippen LogP contribution in [-0.2, 0) is 14.4 Å². The number of nitrogens with one attached hydrogen (secondary N) is 1. The van der Waals surface area contributed by atoms with Crippen LogP contribution in [0.1, 0.15) is 59.8 Å². The normalized spacial score (nSPS) is 13.9. The van der Waals surface area contributed by atoms with Gasteiger partial charge in [0.25, 0.3) is 0 Å². The van der Waals surface area contributed by atoms with Crippen molar-refractivity contribution in [1.29, 1.82) is 0 Å². The highest BCUT2D eigenvalue weighted by Crippen LogP contribution is 2.17. The van der Waals surface area contributed by atoms with Crippen molar-refractivity contribution in [1.82, 2.24) is 10.2 Å². The summed E-state index contributed by atoms with van der Waals surface area (Å²) in [4.78, 5) is 36.3. The van der Waals surface area contributed by atoms with Crippen molar-refractivity contribution < 1.29 is 19.5 Å². The lowest BCUT2D eigenvalue weighted by Gasteiger charge is -2.28. The van der Waals surface area contributed by atoms with Gasteiger partial charge in [-0.2, -0.15) is 0 Å². The summed E-state index contributed by atoms with van der Waals surface area (Å²) in [6.45, 7) is 8.34. The fourth-order valence-corrected chi connectivity index (χ4v) is 2.73. The van der Waals surface area contributed by atoms with E-state index >= 15 is 0 Å². The maximum Gasteiger partial charge on any atom is 0.320 e. The highest BCUT2D eigenvalue weighted by molar-refractivity contribution is 5.80. The van der Waals surface area contributed by atoms with Crippen LogP contribution in [0.5, 0.6) is 0 Å². The molecule has 0 aliphatic rings. The zero-order valence-electron chi connectivity index (χ0n) is 16.2. The predicted molar refractivity (Wildman–Crippen MR) is 97.9 cm³/mol. The number of likely N-dealkylation sites (N-methyl/N-ethyl adjacent to an activating group) is 1. The fraction of sp³-hybridized carbons (Fsp3) is 0.833. The Labute approximate surface area is 151 Å². The van der Waals surface area contributed by atoms with Crippen LogP contribution in [0.15, 0.2) is 0 Å². The van der Waals surface area contributed by atoms with Gasteiger partial charge in [0, 0.05) is 24.9 Å². The average Bonchev–Trinajstić information content (AvgIpc) is 2.49. The number of unbranched alkanes of at least 4 members (excludes halogenated alkanes) is 1. The van der Waals surface area contributed by atoms with Crippen LogP contribution in [0.2, 0.25) is 0 Å². The molecule has 0 aliphatic carbocycles. The molecular formula is C18H35N3O4. The molecule has 0 rings (SSSR count). The lowest BCUT2D eigenvalue weighted by atomic mass is 9.90. The molecule has 2 atom stereocenters. The summed E-state index contributed by atoms with van der Waals surface area (Å²) in [6, 6.07) is -0.340. The van der Waals surface area contributed by atoms with E-state index in [1.807, 2.05) is 39.6 Å². The smallest absolute Gasteiger partial charge is 0.320 e. The highest BCUT2D eigenvalue weighted by atomic mass is 16.4. The molecule has 0 radical (unpaired) electrons. The Kier molecular flexibility index (Phi) is 11.1. The highest BCUT2D eigenvalue weighted by Gasteiger charge is 2.24. The number of primary amides is 1. The minimum absolute atomic E-state index is 0.0645. The van der Waals surface area contributed by atoms with Gasteiger partial charge in [-0.15, -0.1) is 0 Å². The molecule has 0 aliphatic heterocycles. The SMILES string of the molecule is CC(C)[C@H](CCC(N)=O)C(=O)NCCCC[C@@H](C(=O)O)N(C)C(C)C. The Bertz CT molecular complexity index is 438. The second-order valence-corrected chi connectivity index (χ2v) is 7.26. The van der Waals surface area contributed by atoms with E-state index in [4.69, 9.17) is 5.73 Å². The number of carbonyl (C=O) groups is 3. The van der Waals surface area contributed by atoms with E-state index in [1.165, 1.54) is 0 Å². The molecule has 7 heteroatoms. The number of nitrogens with two attached hydrogens (primary N) is 1. The number of carboxylic acids is 1. The first-order chi connectivity index (χ1) is 11.6. The van der Waals surface area contributed by atoms with Crippen LogP contribution >= 0.6 is 0 Å². The van der Waals surface area contributed by atoms with Gasteiger partial charge >= 0.3 is 5.97 Å². The van der Waals surface area contributed by atoms with Crippen LogP contribution in [0.4, 0.5) is 0 Å². The Morgan fingerprint density at radius 1 is 1.08 bits per heavy atom. The van der Waals surface area contributed by atoms with E-state index in [-0.39, 0.29) is 30.2 Å². The summed E-state index contributed by atoms with van der Waals surface area (Å²) < 4.78 is 0. The summed E-state index contributed by atoms with van der Waals surface area (Å²) >= 11 is 0. The molecule has 0 fully saturated rings. The Balaban J connectivity index is 4.25. The van der Waals surface area contributed by atoms with Crippen molar-refractivity contribution in [3.63, 3.8) is 0 Å². The van der Waals surface area contributed by atoms with Crippen molar-refractivity contribution >= 4 is 17.8 Å². The average molecular weight is 357 g/mol. The number of carbonyl (C=O) groups excluding carboxylic acids is 2. The molecule has 7 nitrogen and oxygen atoms in total. The molecule has 0 heterocycles. The number of hydrogen-bond acceptors (Lipinski definition) is 4. The third-order valence-corrected chi connectivity index (χ3v) is 4.64. The molecule has 0 saturated carbocycles. The quantitative estimate of drug-likeness (QED) is 0.433. The fourth-order valence-electron chi connectivity index (χ4n) is 2.73. The maximum absolute atomic E-state index is 12.2. The lowest BCUT2D eigenvalue weighted by Crippen LogP contribution is -2.42. The molecule has 2 amide bonds. The Morgan fingerprint density at radius 2 is 1.68 bits per heavy atom. The molecule has 4 N–H and O–H groups in total. The molecule has 0 aromatic heterocycles. The minimum Gasteiger partial charge on any atom is -0.480 e. The van der Waals surface area contributed by atoms with Crippen molar-refractivity contribution in [2.45, 2.75) is 71.9 Å². The van der Waals surface area contributed by atoms with E-state index in [0.717, 1.165) is 12.8 Å². The van der Waals surface area contributed by atoms with E-state index in [0.29, 0.717) is 19.4 Å². The first kappa shape index (κ1) is 23.4. The van der Waals surface area contributed by atoms with Crippen LogP contribution < -0.4 is 11.1 Å². The standard InChI is InChI=1S/C18H35N3O4/c1-12(2)14(9-10-16(19)22)17(23)20-11-7-6-8-15(18(24)25)21(5)13(3)4/h12-15H,6-11H2,1-5H3,(H2,19,22)(H,20,23)(H,24,25)/t14-,15-/m0/s1. The van der Waals surface area contributed by atoms with Crippen molar-refractivity contribution in [3.8, 4) is 0 Å². The molecule has 0 aromatic rings. The van der Waals surface area contributed by atoms with Gasteiger partial charge in [-0.25, -0.2) is 0 Å². The number of nitrogens with zero attached hydrogens (tertiary/aromatic N) is 1. The molecule has 0 aromatic carbocycles. The summed E-state index contributed by atoms with van der Waals surface area (Å²) in [6.07, 6.45) is 2.66. The first-order valence-electron chi connectivity index (χ1n) is 9.08. The Hall–Kier alpha value is -1.63.